The molecular formula is C27H32N2O5. The van der Waals surface area contributed by atoms with Gasteiger partial charge in [-0.1, -0.05) is 12.1 Å². The molecule has 34 heavy (non-hydrogen) atoms. The largest absolute Gasteiger partial charge is 0.490 e. The molecule has 2 aliphatic rings. The van der Waals surface area contributed by atoms with E-state index >= 15 is 0 Å². The van der Waals surface area contributed by atoms with E-state index in [1.165, 1.54) is 18.4 Å². The van der Waals surface area contributed by atoms with Gasteiger partial charge in [0.15, 0.2) is 0 Å². The van der Waals surface area contributed by atoms with Crippen molar-refractivity contribution in [1.29, 1.82) is 0 Å². The van der Waals surface area contributed by atoms with Gasteiger partial charge in [0.2, 0.25) is 0 Å². The van der Waals surface area contributed by atoms with Gasteiger partial charge in [-0.2, -0.15) is 0 Å². The van der Waals surface area contributed by atoms with Crippen LogP contribution in [0.25, 0.3) is 0 Å². The molecule has 4 rings (SSSR count). The molecule has 0 aliphatic heterocycles. The predicted molar refractivity (Wildman–Crippen MR) is 128 cm³/mol. The molecule has 0 atom stereocenters. The third-order valence-corrected chi connectivity index (χ3v) is 6.69. The minimum Gasteiger partial charge on any atom is -0.490 e. The molecular weight excluding hydrogens is 432 g/mol. The van der Waals surface area contributed by atoms with E-state index in [0.29, 0.717) is 61.6 Å². The van der Waals surface area contributed by atoms with Crippen LogP contribution in [0, 0.1) is 12.8 Å². The van der Waals surface area contributed by atoms with Crippen molar-refractivity contribution >= 4 is 17.8 Å². The van der Waals surface area contributed by atoms with Gasteiger partial charge in [0, 0.05) is 24.2 Å². The second kappa shape index (κ2) is 10.7. The van der Waals surface area contributed by atoms with Gasteiger partial charge in [0.25, 0.3) is 11.8 Å². The van der Waals surface area contributed by atoms with Gasteiger partial charge in [0.05, 0.1) is 12.0 Å². The molecule has 0 radical (unpaired) electrons. The maximum Gasteiger partial charge on any atom is 0.306 e. The Balaban J connectivity index is 1.20. The highest BCUT2D eigenvalue weighted by Gasteiger charge is 2.27. The Morgan fingerprint density at radius 1 is 0.882 bits per heavy atom. The topological polar surface area (TPSA) is 105 Å². The predicted octanol–water partition coefficient (Wildman–Crippen LogP) is 4.05. The summed E-state index contributed by atoms with van der Waals surface area (Å²) in [4.78, 5) is 36.0. The number of amides is 2. The molecule has 0 bridgehead atoms. The van der Waals surface area contributed by atoms with Gasteiger partial charge in [-0.15, -0.1) is 0 Å². The number of hydrogen-bond acceptors (Lipinski definition) is 4. The third-order valence-electron chi connectivity index (χ3n) is 6.69. The second-order valence-electron chi connectivity index (χ2n) is 9.31. The van der Waals surface area contributed by atoms with Gasteiger partial charge in [-0.25, -0.2) is 0 Å². The summed E-state index contributed by atoms with van der Waals surface area (Å²) in [6.07, 6.45) is 5.15. The second-order valence-corrected chi connectivity index (χ2v) is 9.31. The average Bonchev–Trinajstić information content (AvgIpc) is 3.68. The minimum atomic E-state index is -0.730. The van der Waals surface area contributed by atoms with E-state index in [2.05, 4.69) is 10.6 Å². The summed E-state index contributed by atoms with van der Waals surface area (Å²) in [5.41, 5.74) is 3.28. The first-order valence-corrected chi connectivity index (χ1v) is 12.1. The van der Waals surface area contributed by atoms with Crippen LogP contribution in [0.5, 0.6) is 5.75 Å². The van der Waals surface area contributed by atoms with Crippen molar-refractivity contribution < 1.29 is 24.2 Å². The number of ether oxygens (including phenoxy) is 1. The van der Waals surface area contributed by atoms with Crippen molar-refractivity contribution in [3.05, 3.63) is 64.7 Å². The van der Waals surface area contributed by atoms with Crippen LogP contribution in [-0.2, 0) is 4.79 Å². The van der Waals surface area contributed by atoms with Crippen molar-refractivity contribution in [2.75, 3.05) is 13.1 Å². The lowest BCUT2D eigenvalue weighted by Gasteiger charge is -2.27. The molecule has 180 valence electrons. The molecule has 0 spiro atoms. The zero-order valence-electron chi connectivity index (χ0n) is 19.5. The van der Waals surface area contributed by atoms with Crippen molar-refractivity contribution in [3.8, 4) is 5.75 Å². The number of carboxylic acids is 1. The number of rotatable bonds is 9. The van der Waals surface area contributed by atoms with Crippen LogP contribution in [0.1, 0.15) is 76.3 Å². The molecule has 7 heteroatoms. The highest BCUT2D eigenvalue weighted by Crippen LogP contribution is 2.39. The van der Waals surface area contributed by atoms with E-state index in [1.54, 1.807) is 12.1 Å². The number of aryl methyl sites for hydroxylation is 1. The number of hydrogen-bond donors (Lipinski definition) is 3. The number of carbonyl (C=O) groups is 3. The van der Waals surface area contributed by atoms with E-state index in [4.69, 9.17) is 9.84 Å². The van der Waals surface area contributed by atoms with Crippen LogP contribution in [0.3, 0.4) is 0 Å². The number of nitrogens with one attached hydrogen (secondary N) is 2. The Morgan fingerprint density at radius 2 is 1.53 bits per heavy atom. The Bertz CT molecular complexity index is 1040. The summed E-state index contributed by atoms with van der Waals surface area (Å²) in [6.45, 7) is 2.53. The number of carbonyl (C=O) groups excluding carboxylic acids is 2. The van der Waals surface area contributed by atoms with Crippen LogP contribution in [0.2, 0.25) is 0 Å². The lowest BCUT2D eigenvalue weighted by molar-refractivity contribution is -0.143. The maximum absolute atomic E-state index is 12.6. The van der Waals surface area contributed by atoms with Gasteiger partial charge >= 0.3 is 5.97 Å². The normalized spacial score (nSPS) is 19.8. The van der Waals surface area contributed by atoms with Crippen molar-refractivity contribution in [3.63, 3.8) is 0 Å². The smallest absolute Gasteiger partial charge is 0.306 e. The van der Waals surface area contributed by atoms with E-state index in [1.807, 2.05) is 37.3 Å². The van der Waals surface area contributed by atoms with Crippen LogP contribution in [-0.4, -0.2) is 42.1 Å². The molecule has 0 aromatic heterocycles. The van der Waals surface area contributed by atoms with Gasteiger partial charge in [-0.3, -0.25) is 14.4 Å². The Hall–Kier alpha value is -3.35. The fourth-order valence-electron chi connectivity index (χ4n) is 4.46. The number of benzene rings is 2. The molecule has 0 unspecified atom stereocenters. The average molecular weight is 465 g/mol. The van der Waals surface area contributed by atoms with Crippen molar-refractivity contribution in [2.45, 2.75) is 57.5 Å². The van der Waals surface area contributed by atoms with Gasteiger partial charge < -0.3 is 20.5 Å². The quantitative estimate of drug-likeness (QED) is 0.486. The summed E-state index contributed by atoms with van der Waals surface area (Å²) < 4.78 is 6.02. The molecule has 3 N–H and O–H groups in total. The van der Waals surface area contributed by atoms with Gasteiger partial charge in [0.1, 0.15) is 5.75 Å². The maximum atomic E-state index is 12.6. The summed E-state index contributed by atoms with van der Waals surface area (Å²) in [5, 5.41) is 14.8. The van der Waals surface area contributed by atoms with E-state index < -0.39 is 5.97 Å². The lowest BCUT2D eigenvalue weighted by atomic mass is 9.87. The lowest BCUT2D eigenvalue weighted by Crippen LogP contribution is -2.35. The number of aliphatic carboxylic acids is 1. The molecule has 2 saturated carbocycles. The van der Waals surface area contributed by atoms with Crippen LogP contribution >= 0.6 is 0 Å². The molecule has 0 saturated heterocycles. The van der Waals surface area contributed by atoms with Crippen molar-refractivity contribution in [2.24, 2.45) is 5.92 Å². The van der Waals surface area contributed by atoms with Crippen LogP contribution in [0.4, 0.5) is 0 Å². The van der Waals surface area contributed by atoms with Gasteiger partial charge in [-0.05, 0) is 92.8 Å². The molecule has 2 fully saturated rings. The Morgan fingerprint density at radius 3 is 2.12 bits per heavy atom. The van der Waals surface area contributed by atoms with E-state index in [-0.39, 0.29) is 23.8 Å². The number of carboxylic acid groups (broad SMARTS) is 1. The molecule has 2 aliphatic carbocycles. The SMILES string of the molecule is Cc1cc(O[C@H]2CC[C@@H](C(=O)O)CC2)ccc1C(=O)NCCNC(=O)c1ccc(C2CC2)cc1. The first-order valence-electron chi connectivity index (χ1n) is 12.1. The Kier molecular flexibility index (Phi) is 7.50. The fourth-order valence-corrected chi connectivity index (χ4v) is 4.46. The molecule has 2 aromatic carbocycles. The third kappa shape index (κ3) is 6.16. The first-order chi connectivity index (χ1) is 16.4. The van der Waals surface area contributed by atoms with E-state index in [9.17, 15) is 14.4 Å². The molecule has 7 nitrogen and oxygen atoms in total. The fraction of sp³-hybridized carbons (Fsp3) is 0.444. The van der Waals surface area contributed by atoms with Crippen LogP contribution < -0.4 is 15.4 Å². The van der Waals surface area contributed by atoms with Crippen molar-refractivity contribution in [1.82, 2.24) is 10.6 Å². The molecule has 0 heterocycles. The molecule has 2 amide bonds. The summed E-state index contributed by atoms with van der Waals surface area (Å²) in [6, 6.07) is 13.1. The molecule has 2 aromatic rings. The first kappa shape index (κ1) is 23.8. The highest BCUT2D eigenvalue weighted by molar-refractivity contribution is 5.96. The zero-order valence-corrected chi connectivity index (χ0v) is 19.5. The standard InChI is InChI=1S/C27H32N2O5/c1-17-16-23(34-22-10-8-21(9-11-22)27(32)33)12-13-24(17)26(31)29-15-14-28-25(30)20-6-4-19(5-7-20)18-2-3-18/h4-7,12-13,16,18,21-22H,2-3,8-11,14-15H2,1H3,(H,28,30)(H,29,31)(H,32,33)/t21-,22+. The monoisotopic (exact) mass is 464 g/mol. The highest BCUT2D eigenvalue weighted by atomic mass is 16.5. The zero-order chi connectivity index (χ0) is 24.1. The summed E-state index contributed by atoms with van der Waals surface area (Å²) >= 11 is 0. The van der Waals surface area contributed by atoms with E-state index in [0.717, 1.165) is 5.56 Å². The van der Waals surface area contributed by atoms with Crippen LogP contribution in [0.15, 0.2) is 42.5 Å². The Labute approximate surface area is 199 Å². The summed E-state index contributed by atoms with van der Waals surface area (Å²) in [5.74, 6) is 0.000760. The summed E-state index contributed by atoms with van der Waals surface area (Å²) in [7, 11) is 0. The minimum absolute atomic E-state index is 0.00296.